The van der Waals surface area contributed by atoms with Gasteiger partial charge in [0.2, 0.25) is 0 Å². The molecule has 6 heteroatoms. The first kappa shape index (κ1) is 18.3. The third-order valence-corrected chi connectivity index (χ3v) is 5.39. The number of benzene rings is 1. The fraction of sp³-hybridized carbons (Fsp3) is 0.250. The Labute approximate surface area is 140 Å². The molecule has 0 saturated carbocycles. The monoisotopic (exact) mass is 337 g/mol. The standard InChI is InChI=1S/C14H19N3S2.C2H4O/c1-4-10-8(2)9(3)18-14(10)17-19-12-7-5-6-11(15)13(12)16;1-2-3/h5-7,17H,4,15-16H2,1-3H3;2-3H,1H2. The number of rotatable bonds is 4. The third-order valence-electron chi connectivity index (χ3n) is 3.22. The third kappa shape index (κ3) is 4.35. The highest BCUT2D eigenvalue weighted by Gasteiger charge is 2.11. The fourth-order valence-corrected chi connectivity index (χ4v) is 3.93. The van der Waals surface area contributed by atoms with Gasteiger partial charge in [-0.05, 0) is 55.5 Å². The summed E-state index contributed by atoms with van der Waals surface area (Å²) >= 11 is 3.31. The van der Waals surface area contributed by atoms with E-state index in [4.69, 9.17) is 16.6 Å². The van der Waals surface area contributed by atoms with Gasteiger partial charge >= 0.3 is 0 Å². The lowest BCUT2D eigenvalue weighted by Gasteiger charge is -2.09. The summed E-state index contributed by atoms with van der Waals surface area (Å²) in [6.45, 7) is 9.43. The zero-order valence-corrected chi connectivity index (χ0v) is 14.8. The SMILES string of the molecule is C=CO.CCc1c(NSc2cccc(N)c2N)sc(C)c1C. The number of hydrogen-bond donors (Lipinski definition) is 4. The average Bonchev–Trinajstić information content (AvgIpc) is 2.76. The Kier molecular flexibility index (Phi) is 7.14. The Balaban J connectivity index is 0.000000745. The van der Waals surface area contributed by atoms with Crippen molar-refractivity contribution in [1.29, 1.82) is 0 Å². The van der Waals surface area contributed by atoms with Crippen molar-refractivity contribution in [3.05, 3.63) is 47.0 Å². The molecule has 0 aliphatic heterocycles. The number of nitrogen functional groups attached to an aromatic ring is 2. The predicted octanol–water partition coefficient (Wildman–Crippen LogP) is 4.90. The molecule has 1 aromatic heterocycles. The van der Waals surface area contributed by atoms with Gasteiger partial charge in [-0.15, -0.1) is 11.3 Å². The van der Waals surface area contributed by atoms with Crippen LogP contribution in [0, 0.1) is 13.8 Å². The molecule has 0 aliphatic carbocycles. The van der Waals surface area contributed by atoms with Crippen molar-refractivity contribution in [3.8, 4) is 0 Å². The Morgan fingerprint density at radius 1 is 1.36 bits per heavy atom. The molecule has 4 nitrogen and oxygen atoms in total. The summed E-state index contributed by atoms with van der Waals surface area (Å²) in [5, 5.41) is 8.55. The minimum absolute atomic E-state index is 0.626. The number of aryl methyl sites for hydroxylation is 1. The first-order chi connectivity index (χ1) is 10.5. The summed E-state index contributed by atoms with van der Waals surface area (Å²) in [5.74, 6) is 0. The molecule has 0 atom stereocenters. The smallest absolute Gasteiger partial charge is 0.102 e. The summed E-state index contributed by atoms with van der Waals surface area (Å²) in [6.07, 6.45) is 1.78. The van der Waals surface area contributed by atoms with Gasteiger partial charge in [0, 0.05) is 4.88 Å². The first-order valence-electron chi connectivity index (χ1n) is 6.86. The van der Waals surface area contributed by atoms with Crippen LogP contribution in [0.4, 0.5) is 16.4 Å². The Morgan fingerprint density at radius 2 is 2.00 bits per heavy atom. The van der Waals surface area contributed by atoms with Crippen molar-refractivity contribution in [2.45, 2.75) is 32.1 Å². The second-order valence-electron chi connectivity index (χ2n) is 4.59. The number of anilines is 3. The van der Waals surface area contributed by atoms with Crippen molar-refractivity contribution in [3.63, 3.8) is 0 Å². The van der Waals surface area contributed by atoms with Crippen LogP contribution in [0.25, 0.3) is 0 Å². The highest BCUT2D eigenvalue weighted by Crippen LogP contribution is 2.37. The minimum Gasteiger partial charge on any atom is -0.516 e. The molecule has 0 saturated heterocycles. The van der Waals surface area contributed by atoms with Gasteiger partial charge in [-0.2, -0.15) is 0 Å². The summed E-state index contributed by atoms with van der Waals surface area (Å²) < 4.78 is 3.41. The van der Waals surface area contributed by atoms with Crippen molar-refractivity contribution in [2.75, 3.05) is 16.2 Å². The average molecular weight is 338 g/mol. The van der Waals surface area contributed by atoms with E-state index in [2.05, 4.69) is 32.1 Å². The van der Waals surface area contributed by atoms with Crippen LogP contribution < -0.4 is 16.2 Å². The number of para-hydroxylation sites is 1. The molecular formula is C16H23N3OS2. The highest BCUT2D eigenvalue weighted by atomic mass is 32.2. The van der Waals surface area contributed by atoms with Crippen molar-refractivity contribution < 1.29 is 5.11 Å². The van der Waals surface area contributed by atoms with Crippen molar-refractivity contribution in [1.82, 2.24) is 0 Å². The summed E-state index contributed by atoms with van der Waals surface area (Å²) in [4.78, 5) is 2.33. The number of thiophene rings is 1. The number of aliphatic hydroxyl groups excluding tert-OH is 1. The summed E-state index contributed by atoms with van der Waals surface area (Å²) in [6, 6.07) is 5.71. The van der Waals surface area contributed by atoms with E-state index in [1.54, 1.807) is 11.3 Å². The second kappa shape index (κ2) is 8.60. The lowest BCUT2D eigenvalue weighted by Crippen LogP contribution is -1.97. The number of aliphatic hydroxyl groups is 1. The summed E-state index contributed by atoms with van der Waals surface area (Å²) in [7, 11) is 0. The molecule has 1 heterocycles. The molecule has 22 heavy (non-hydrogen) atoms. The molecule has 0 bridgehead atoms. The molecule has 0 fully saturated rings. The van der Waals surface area contributed by atoms with Gasteiger partial charge < -0.3 is 21.3 Å². The normalized spacial score (nSPS) is 9.77. The number of nitrogens with one attached hydrogen (secondary N) is 1. The van der Waals surface area contributed by atoms with Crippen LogP contribution in [-0.2, 0) is 6.42 Å². The minimum atomic E-state index is 0.626. The molecule has 1 aromatic carbocycles. The Hall–Kier alpha value is -1.79. The largest absolute Gasteiger partial charge is 0.516 e. The highest BCUT2D eigenvalue weighted by molar-refractivity contribution is 8.01. The van der Waals surface area contributed by atoms with Gasteiger partial charge in [0.25, 0.3) is 0 Å². The molecule has 0 amide bonds. The molecule has 0 radical (unpaired) electrons. The van der Waals surface area contributed by atoms with E-state index in [1.807, 2.05) is 18.2 Å². The second-order valence-corrected chi connectivity index (χ2v) is 6.66. The Morgan fingerprint density at radius 3 is 2.59 bits per heavy atom. The molecular weight excluding hydrogens is 314 g/mol. The predicted molar refractivity (Wildman–Crippen MR) is 101 cm³/mol. The van der Waals surface area contributed by atoms with E-state index in [9.17, 15) is 0 Å². The molecule has 0 spiro atoms. The van der Waals surface area contributed by atoms with Gasteiger partial charge in [-0.1, -0.05) is 19.6 Å². The van der Waals surface area contributed by atoms with Crippen LogP contribution in [0.1, 0.15) is 22.9 Å². The van der Waals surface area contributed by atoms with Crippen molar-refractivity contribution >= 4 is 39.7 Å². The van der Waals surface area contributed by atoms with E-state index >= 15 is 0 Å². The van der Waals surface area contributed by atoms with Crippen molar-refractivity contribution in [2.24, 2.45) is 0 Å². The molecule has 6 N–H and O–H groups in total. The van der Waals surface area contributed by atoms with Gasteiger partial charge in [0.05, 0.1) is 22.5 Å². The van der Waals surface area contributed by atoms with Gasteiger partial charge in [0.15, 0.2) is 0 Å². The maximum atomic E-state index is 7.33. The van der Waals surface area contributed by atoms with Crippen LogP contribution in [0.2, 0.25) is 0 Å². The molecule has 2 rings (SSSR count). The van der Waals surface area contributed by atoms with Crippen LogP contribution in [-0.4, -0.2) is 5.11 Å². The molecule has 0 unspecified atom stereocenters. The lowest BCUT2D eigenvalue weighted by molar-refractivity contribution is 0.476. The van der Waals surface area contributed by atoms with E-state index in [-0.39, 0.29) is 0 Å². The maximum absolute atomic E-state index is 7.33. The van der Waals surface area contributed by atoms with E-state index in [1.165, 1.54) is 33.0 Å². The maximum Gasteiger partial charge on any atom is 0.102 e. The first-order valence-corrected chi connectivity index (χ1v) is 8.50. The lowest BCUT2D eigenvalue weighted by atomic mass is 10.1. The van der Waals surface area contributed by atoms with Gasteiger partial charge in [0.1, 0.15) is 5.00 Å². The zero-order valence-electron chi connectivity index (χ0n) is 13.1. The van der Waals surface area contributed by atoms with Crippen LogP contribution >= 0.6 is 23.3 Å². The summed E-state index contributed by atoms with van der Waals surface area (Å²) in [5.41, 5.74) is 15.8. The molecule has 0 aliphatic rings. The number of hydrogen-bond acceptors (Lipinski definition) is 6. The quantitative estimate of drug-likeness (QED) is 0.362. The number of nitrogens with two attached hydrogens (primary N) is 2. The van der Waals surface area contributed by atoms with E-state index in [0.717, 1.165) is 17.6 Å². The molecule has 120 valence electrons. The van der Waals surface area contributed by atoms with E-state index in [0.29, 0.717) is 11.4 Å². The topological polar surface area (TPSA) is 84.3 Å². The van der Waals surface area contributed by atoms with Crippen LogP contribution in [0.3, 0.4) is 0 Å². The fourth-order valence-electron chi connectivity index (χ4n) is 1.93. The van der Waals surface area contributed by atoms with Crippen LogP contribution in [0.15, 0.2) is 35.9 Å². The molecule has 2 aromatic rings. The Bertz CT molecular complexity index is 639. The van der Waals surface area contributed by atoms with Gasteiger partial charge in [-0.3, -0.25) is 0 Å². The van der Waals surface area contributed by atoms with Gasteiger partial charge in [-0.25, -0.2) is 0 Å². The van der Waals surface area contributed by atoms with E-state index < -0.39 is 0 Å². The zero-order chi connectivity index (χ0) is 16.7. The van der Waals surface area contributed by atoms with Crippen LogP contribution in [0.5, 0.6) is 0 Å².